The van der Waals surface area contributed by atoms with Gasteiger partial charge < -0.3 is 0 Å². The van der Waals surface area contributed by atoms with Crippen molar-refractivity contribution in [1.29, 1.82) is 0 Å². The molecule has 0 amide bonds. The van der Waals surface area contributed by atoms with Gasteiger partial charge in [-0.2, -0.15) is 0 Å². The first-order valence-corrected chi connectivity index (χ1v) is 8.19. The SMILES string of the molecule is O=S(=O)(Nc1nccc(Cl)n1)c1cc(Cl)c(Br)s1. The predicted octanol–water partition coefficient (Wildman–Crippen LogP) is 3.41. The van der Waals surface area contributed by atoms with Crippen molar-refractivity contribution < 1.29 is 8.42 Å². The summed E-state index contributed by atoms with van der Waals surface area (Å²) in [5.74, 6) is -0.0943. The first-order valence-electron chi connectivity index (χ1n) is 4.35. The van der Waals surface area contributed by atoms with E-state index in [0.717, 1.165) is 11.3 Å². The van der Waals surface area contributed by atoms with Crippen molar-refractivity contribution >= 4 is 66.4 Å². The average molecular weight is 389 g/mol. The van der Waals surface area contributed by atoms with Gasteiger partial charge in [0.05, 0.1) is 8.81 Å². The quantitative estimate of drug-likeness (QED) is 0.817. The van der Waals surface area contributed by atoms with E-state index >= 15 is 0 Å². The third kappa shape index (κ3) is 3.12. The molecule has 0 saturated carbocycles. The lowest BCUT2D eigenvalue weighted by Crippen LogP contribution is -2.13. The smallest absolute Gasteiger partial charge is 0.246 e. The van der Waals surface area contributed by atoms with Gasteiger partial charge in [0.2, 0.25) is 5.95 Å². The molecular weight excluding hydrogens is 385 g/mol. The molecule has 1 N–H and O–H groups in total. The van der Waals surface area contributed by atoms with E-state index in [0.29, 0.717) is 8.81 Å². The number of nitrogens with zero attached hydrogens (tertiary/aromatic N) is 2. The molecule has 2 rings (SSSR count). The van der Waals surface area contributed by atoms with Crippen LogP contribution in [0.4, 0.5) is 5.95 Å². The lowest BCUT2D eigenvalue weighted by atomic mass is 10.7. The molecule has 18 heavy (non-hydrogen) atoms. The van der Waals surface area contributed by atoms with E-state index in [1.54, 1.807) is 0 Å². The molecule has 2 heterocycles. The van der Waals surface area contributed by atoms with E-state index < -0.39 is 10.0 Å². The zero-order valence-electron chi connectivity index (χ0n) is 8.39. The van der Waals surface area contributed by atoms with Crippen LogP contribution in [-0.4, -0.2) is 18.4 Å². The monoisotopic (exact) mass is 387 g/mol. The van der Waals surface area contributed by atoms with Crippen LogP contribution in [0.5, 0.6) is 0 Å². The molecule has 2 aromatic rings. The molecule has 96 valence electrons. The van der Waals surface area contributed by atoms with Gasteiger partial charge in [-0.25, -0.2) is 23.1 Å². The van der Waals surface area contributed by atoms with Crippen molar-refractivity contribution in [2.45, 2.75) is 4.21 Å². The van der Waals surface area contributed by atoms with Gasteiger partial charge in [-0.1, -0.05) is 23.2 Å². The molecule has 0 radical (unpaired) electrons. The van der Waals surface area contributed by atoms with E-state index in [1.807, 2.05) is 0 Å². The molecule has 5 nitrogen and oxygen atoms in total. The molecule has 0 atom stereocenters. The second-order valence-corrected chi connectivity index (χ2v) is 8.07. The molecule has 0 aliphatic heterocycles. The molecule has 0 bridgehead atoms. The maximum atomic E-state index is 12.0. The number of anilines is 1. The molecule has 10 heteroatoms. The van der Waals surface area contributed by atoms with Crippen LogP contribution < -0.4 is 4.72 Å². The summed E-state index contributed by atoms with van der Waals surface area (Å²) < 4.78 is 26.8. The normalized spacial score (nSPS) is 11.5. The van der Waals surface area contributed by atoms with Gasteiger partial charge in [-0.05, 0) is 28.1 Å². The number of rotatable bonds is 3. The highest BCUT2D eigenvalue weighted by Gasteiger charge is 2.20. The second kappa shape index (κ2) is 5.30. The Balaban J connectivity index is 2.33. The highest BCUT2D eigenvalue weighted by atomic mass is 79.9. The third-order valence-corrected chi connectivity index (χ3v) is 6.22. The van der Waals surface area contributed by atoms with Gasteiger partial charge >= 0.3 is 0 Å². The number of thiophene rings is 1. The predicted molar refractivity (Wildman–Crippen MR) is 74.9 cm³/mol. The summed E-state index contributed by atoms with van der Waals surface area (Å²) in [5.41, 5.74) is 0. The Morgan fingerprint density at radius 1 is 1.39 bits per heavy atom. The number of nitrogens with one attached hydrogen (secondary N) is 1. The number of aromatic nitrogens is 2. The Bertz CT molecular complexity index is 670. The summed E-state index contributed by atoms with van der Waals surface area (Å²) >= 11 is 15.6. The summed E-state index contributed by atoms with van der Waals surface area (Å²) in [5, 5.41) is 0.473. The third-order valence-electron chi connectivity index (χ3n) is 1.73. The van der Waals surface area contributed by atoms with Crippen LogP contribution in [0.25, 0.3) is 0 Å². The molecule has 0 aromatic carbocycles. The lowest BCUT2D eigenvalue weighted by Gasteiger charge is -2.03. The minimum absolute atomic E-state index is 0.0583. The van der Waals surface area contributed by atoms with Gasteiger partial charge in [0.25, 0.3) is 10.0 Å². The Morgan fingerprint density at radius 2 is 2.11 bits per heavy atom. The van der Waals surface area contributed by atoms with E-state index in [9.17, 15) is 8.42 Å². The zero-order chi connectivity index (χ0) is 13.3. The maximum Gasteiger partial charge on any atom is 0.273 e. The van der Waals surface area contributed by atoms with Crippen LogP contribution in [-0.2, 0) is 10.0 Å². The first kappa shape index (κ1) is 14.0. The van der Waals surface area contributed by atoms with E-state index in [-0.39, 0.29) is 15.3 Å². The number of halogens is 3. The van der Waals surface area contributed by atoms with Gasteiger partial charge in [0, 0.05) is 6.20 Å². The summed E-state index contributed by atoms with van der Waals surface area (Å²) in [4.78, 5) is 7.49. The standard InChI is InChI=1S/C8H4BrCl2N3O2S2/c9-7-4(10)3-6(17-7)18(15,16)14-8-12-2-1-5(11)13-8/h1-3H,(H,12,13,14). The summed E-state index contributed by atoms with van der Waals surface area (Å²) in [7, 11) is -3.76. The van der Waals surface area contributed by atoms with Crippen LogP contribution in [0.1, 0.15) is 0 Å². The highest BCUT2D eigenvalue weighted by molar-refractivity contribution is 9.11. The topological polar surface area (TPSA) is 72.0 Å². The average Bonchev–Trinajstić information content (AvgIpc) is 2.59. The zero-order valence-corrected chi connectivity index (χ0v) is 13.1. The molecular formula is C8H4BrCl2N3O2S2. The van der Waals surface area contributed by atoms with Gasteiger partial charge in [-0.15, -0.1) is 11.3 Å². The van der Waals surface area contributed by atoms with Gasteiger partial charge in [-0.3, -0.25) is 0 Å². The molecule has 2 aromatic heterocycles. The Hall–Kier alpha value is -0.410. The molecule has 0 fully saturated rings. The lowest BCUT2D eigenvalue weighted by molar-refractivity contribution is 0.602. The molecule has 0 spiro atoms. The largest absolute Gasteiger partial charge is 0.273 e. The maximum absolute atomic E-state index is 12.0. The Morgan fingerprint density at radius 3 is 2.67 bits per heavy atom. The molecule has 0 saturated heterocycles. The highest BCUT2D eigenvalue weighted by Crippen LogP contribution is 2.35. The van der Waals surface area contributed by atoms with E-state index in [4.69, 9.17) is 23.2 Å². The van der Waals surface area contributed by atoms with Crippen LogP contribution in [0, 0.1) is 0 Å². The van der Waals surface area contributed by atoms with Crippen LogP contribution in [0.3, 0.4) is 0 Å². The number of hydrogen-bond acceptors (Lipinski definition) is 5. The van der Waals surface area contributed by atoms with Gasteiger partial charge in [0.1, 0.15) is 9.36 Å². The fraction of sp³-hybridized carbons (Fsp3) is 0. The first-order chi connectivity index (χ1) is 8.38. The van der Waals surface area contributed by atoms with E-state index in [1.165, 1.54) is 18.3 Å². The van der Waals surface area contributed by atoms with Crippen LogP contribution >= 0.6 is 50.5 Å². The summed E-state index contributed by atoms with van der Waals surface area (Å²) in [6.45, 7) is 0. The van der Waals surface area contributed by atoms with Crippen molar-refractivity contribution in [2.24, 2.45) is 0 Å². The molecule has 0 aliphatic carbocycles. The van der Waals surface area contributed by atoms with Crippen molar-refractivity contribution in [3.63, 3.8) is 0 Å². The fourth-order valence-corrected chi connectivity index (χ4v) is 4.50. The minimum atomic E-state index is -3.76. The van der Waals surface area contributed by atoms with Crippen molar-refractivity contribution in [1.82, 2.24) is 9.97 Å². The molecule has 0 unspecified atom stereocenters. The Labute approximate surface area is 125 Å². The number of hydrogen-bond donors (Lipinski definition) is 1. The van der Waals surface area contributed by atoms with Gasteiger partial charge in [0.15, 0.2) is 0 Å². The van der Waals surface area contributed by atoms with E-state index in [2.05, 4.69) is 30.6 Å². The minimum Gasteiger partial charge on any atom is -0.246 e. The molecule has 0 aliphatic rings. The van der Waals surface area contributed by atoms with Crippen LogP contribution in [0.15, 0.2) is 26.3 Å². The Kier molecular flexibility index (Phi) is 4.12. The summed E-state index contributed by atoms with van der Waals surface area (Å²) in [6, 6.07) is 2.78. The second-order valence-electron chi connectivity index (χ2n) is 3.00. The number of sulfonamides is 1. The summed E-state index contributed by atoms with van der Waals surface area (Å²) in [6.07, 6.45) is 1.35. The van der Waals surface area contributed by atoms with Crippen LogP contribution in [0.2, 0.25) is 10.2 Å². The van der Waals surface area contributed by atoms with Crippen molar-refractivity contribution in [3.05, 3.63) is 32.3 Å². The van der Waals surface area contributed by atoms with Crippen molar-refractivity contribution in [2.75, 3.05) is 4.72 Å². The van der Waals surface area contributed by atoms with Crippen molar-refractivity contribution in [3.8, 4) is 0 Å². The fourth-order valence-electron chi connectivity index (χ4n) is 1.02.